The molecule has 0 aliphatic heterocycles. The molecule has 2 heteroatoms. The Balaban J connectivity index is 1.57. The topological polar surface area (TPSA) is 26.3 Å². The summed E-state index contributed by atoms with van der Waals surface area (Å²) in [5.74, 6) is 0.824. The number of hydrogen-bond donors (Lipinski definition) is 0. The Morgan fingerprint density at radius 3 is 2.19 bits per heavy atom. The van der Waals surface area contributed by atoms with Crippen LogP contribution in [-0.4, -0.2) is 5.78 Å². The lowest BCUT2D eigenvalue weighted by molar-refractivity contribution is 0.104. The van der Waals surface area contributed by atoms with Crippen molar-refractivity contribution in [3.8, 4) is 5.75 Å². The number of rotatable bonds is 7. The van der Waals surface area contributed by atoms with Gasteiger partial charge in [0, 0.05) is 5.56 Å². The van der Waals surface area contributed by atoms with Gasteiger partial charge in [-0.15, -0.1) is 0 Å². The molecule has 3 aromatic rings. The normalized spacial score (nSPS) is 10.8. The van der Waals surface area contributed by atoms with Crippen LogP contribution in [0.1, 0.15) is 34.0 Å². The van der Waals surface area contributed by atoms with Crippen LogP contribution in [0.3, 0.4) is 0 Å². The lowest BCUT2D eigenvalue weighted by Crippen LogP contribution is -1.95. The van der Waals surface area contributed by atoms with Crippen LogP contribution >= 0.6 is 0 Å². The van der Waals surface area contributed by atoms with Gasteiger partial charge in [0.25, 0.3) is 0 Å². The summed E-state index contributed by atoms with van der Waals surface area (Å²) in [5.41, 5.74) is 4.05. The molecule has 0 radical (unpaired) electrons. The largest absolute Gasteiger partial charge is 0.489 e. The molecule has 0 unspecified atom stereocenters. The zero-order chi connectivity index (χ0) is 18.2. The van der Waals surface area contributed by atoms with E-state index in [0.717, 1.165) is 23.3 Å². The lowest BCUT2D eigenvalue weighted by atomic mass is 10.1. The summed E-state index contributed by atoms with van der Waals surface area (Å²) < 4.78 is 5.77. The van der Waals surface area contributed by atoms with E-state index in [0.29, 0.717) is 12.2 Å². The maximum absolute atomic E-state index is 12.2. The molecule has 3 aromatic carbocycles. The number of hydrogen-bond acceptors (Lipinski definition) is 2. The molecular formula is C24H22O2. The highest BCUT2D eigenvalue weighted by Gasteiger charge is 2.01. The number of ether oxygens (including phenoxy) is 1. The standard InChI is InChI=1S/C24H22O2/c1-2-19-8-13-22(14-9-19)24(25)17-12-20-10-15-23(16-11-20)26-18-21-6-4-3-5-7-21/h3-17H,2,18H2,1H3/b17-12+. The molecule has 26 heavy (non-hydrogen) atoms. The molecule has 0 N–H and O–H groups in total. The van der Waals surface area contributed by atoms with Crippen molar-refractivity contribution in [3.63, 3.8) is 0 Å². The van der Waals surface area contributed by atoms with Crippen molar-refractivity contribution in [1.29, 1.82) is 0 Å². The fraction of sp³-hybridized carbons (Fsp3) is 0.125. The summed E-state index contributed by atoms with van der Waals surface area (Å²) in [7, 11) is 0. The summed E-state index contributed by atoms with van der Waals surface area (Å²) in [5, 5.41) is 0. The van der Waals surface area contributed by atoms with Crippen molar-refractivity contribution >= 4 is 11.9 Å². The second-order valence-electron chi connectivity index (χ2n) is 6.09. The van der Waals surface area contributed by atoms with Gasteiger partial charge in [0.15, 0.2) is 5.78 Å². The van der Waals surface area contributed by atoms with Crippen LogP contribution in [0.5, 0.6) is 5.75 Å². The average molecular weight is 342 g/mol. The van der Waals surface area contributed by atoms with E-state index in [4.69, 9.17) is 4.74 Å². The third-order valence-corrected chi connectivity index (χ3v) is 4.20. The van der Waals surface area contributed by atoms with E-state index in [2.05, 4.69) is 6.92 Å². The molecule has 0 bridgehead atoms. The molecule has 0 saturated carbocycles. The van der Waals surface area contributed by atoms with Crippen LogP contribution < -0.4 is 4.74 Å². The lowest BCUT2D eigenvalue weighted by Gasteiger charge is -2.06. The first-order chi connectivity index (χ1) is 12.7. The number of carbonyl (C=O) groups excluding carboxylic acids is 1. The van der Waals surface area contributed by atoms with Gasteiger partial charge in [-0.1, -0.05) is 79.7 Å². The van der Waals surface area contributed by atoms with E-state index >= 15 is 0 Å². The monoisotopic (exact) mass is 342 g/mol. The molecule has 0 fully saturated rings. The molecule has 130 valence electrons. The zero-order valence-corrected chi connectivity index (χ0v) is 14.9. The summed E-state index contributed by atoms with van der Waals surface area (Å²) >= 11 is 0. The minimum Gasteiger partial charge on any atom is -0.489 e. The molecule has 0 aliphatic rings. The van der Waals surface area contributed by atoms with Gasteiger partial charge in [0.05, 0.1) is 0 Å². The smallest absolute Gasteiger partial charge is 0.185 e. The molecule has 0 atom stereocenters. The van der Waals surface area contributed by atoms with Crippen LogP contribution in [0.2, 0.25) is 0 Å². The van der Waals surface area contributed by atoms with Gasteiger partial charge in [0.2, 0.25) is 0 Å². The van der Waals surface area contributed by atoms with E-state index in [1.54, 1.807) is 6.08 Å². The molecule has 0 aliphatic carbocycles. The molecule has 0 spiro atoms. The Morgan fingerprint density at radius 1 is 0.846 bits per heavy atom. The molecular weight excluding hydrogens is 320 g/mol. The Hall–Kier alpha value is -3.13. The van der Waals surface area contributed by atoms with Crippen molar-refractivity contribution in [2.75, 3.05) is 0 Å². The van der Waals surface area contributed by atoms with Gasteiger partial charge in [-0.25, -0.2) is 0 Å². The molecule has 0 aromatic heterocycles. The number of ketones is 1. The minimum absolute atomic E-state index is 0.0112. The summed E-state index contributed by atoms with van der Waals surface area (Å²) in [6, 6.07) is 25.6. The fourth-order valence-electron chi connectivity index (χ4n) is 2.59. The van der Waals surface area contributed by atoms with E-state index in [1.165, 1.54) is 5.56 Å². The second-order valence-corrected chi connectivity index (χ2v) is 6.09. The van der Waals surface area contributed by atoms with Gasteiger partial charge in [-0.3, -0.25) is 4.79 Å². The Bertz CT molecular complexity index is 860. The van der Waals surface area contributed by atoms with Crippen molar-refractivity contribution in [1.82, 2.24) is 0 Å². The van der Waals surface area contributed by atoms with Crippen molar-refractivity contribution in [2.24, 2.45) is 0 Å². The van der Waals surface area contributed by atoms with Gasteiger partial charge in [-0.2, -0.15) is 0 Å². The average Bonchev–Trinajstić information content (AvgIpc) is 2.72. The Labute approximate surface area is 154 Å². The van der Waals surface area contributed by atoms with Gasteiger partial charge < -0.3 is 4.74 Å². The van der Waals surface area contributed by atoms with Crippen LogP contribution in [0.25, 0.3) is 6.08 Å². The van der Waals surface area contributed by atoms with Gasteiger partial charge in [0.1, 0.15) is 12.4 Å². The van der Waals surface area contributed by atoms with Crippen LogP contribution in [0.4, 0.5) is 0 Å². The third kappa shape index (κ3) is 4.93. The third-order valence-electron chi connectivity index (χ3n) is 4.20. The number of aryl methyl sites for hydroxylation is 1. The van der Waals surface area contributed by atoms with Crippen LogP contribution in [-0.2, 0) is 13.0 Å². The molecule has 3 rings (SSSR count). The first-order valence-electron chi connectivity index (χ1n) is 8.83. The molecule has 2 nitrogen and oxygen atoms in total. The quantitative estimate of drug-likeness (QED) is 0.405. The predicted molar refractivity (Wildman–Crippen MR) is 106 cm³/mol. The maximum atomic E-state index is 12.2. The van der Waals surface area contributed by atoms with Gasteiger partial charge >= 0.3 is 0 Å². The minimum atomic E-state index is 0.0112. The molecule has 0 amide bonds. The second kappa shape index (κ2) is 8.82. The first-order valence-corrected chi connectivity index (χ1v) is 8.83. The summed E-state index contributed by atoms with van der Waals surface area (Å²) in [4.78, 5) is 12.2. The Kier molecular flexibility index (Phi) is 6.00. The molecule has 0 heterocycles. The van der Waals surface area contributed by atoms with Gasteiger partial charge in [-0.05, 0) is 41.3 Å². The van der Waals surface area contributed by atoms with Crippen molar-refractivity contribution in [3.05, 3.63) is 107 Å². The van der Waals surface area contributed by atoms with E-state index in [1.807, 2.05) is 84.9 Å². The first kappa shape index (κ1) is 17.7. The molecule has 0 saturated heterocycles. The van der Waals surface area contributed by atoms with E-state index in [9.17, 15) is 4.79 Å². The number of benzene rings is 3. The van der Waals surface area contributed by atoms with E-state index in [-0.39, 0.29) is 5.78 Å². The fourth-order valence-corrected chi connectivity index (χ4v) is 2.59. The maximum Gasteiger partial charge on any atom is 0.185 e. The van der Waals surface area contributed by atoms with Crippen LogP contribution in [0, 0.1) is 0 Å². The number of carbonyl (C=O) groups is 1. The zero-order valence-electron chi connectivity index (χ0n) is 14.9. The Morgan fingerprint density at radius 2 is 1.54 bits per heavy atom. The van der Waals surface area contributed by atoms with Crippen LogP contribution in [0.15, 0.2) is 84.9 Å². The summed E-state index contributed by atoms with van der Waals surface area (Å²) in [6.07, 6.45) is 4.42. The SMILES string of the molecule is CCc1ccc(C(=O)/C=C/c2ccc(OCc3ccccc3)cc2)cc1. The summed E-state index contributed by atoms with van der Waals surface area (Å²) in [6.45, 7) is 2.65. The predicted octanol–water partition coefficient (Wildman–Crippen LogP) is 5.72. The highest BCUT2D eigenvalue weighted by Crippen LogP contribution is 2.15. The van der Waals surface area contributed by atoms with Crippen molar-refractivity contribution < 1.29 is 9.53 Å². The number of allylic oxidation sites excluding steroid dienone is 1. The van der Waals surface area contributed by atoms with Crippen molar-refractivity contribution in [2.45, 2.75) is 20.0 Å². The highest BCUT2D eigenvalue weighted by atomic mass is 16.5. The highest BCUT2D eigenvalue weighted by molar-refractivity contribution is 6.06. The van der Waals surface area contributed by atoms with E-state index < -0.39 is 0 Å².